The number of ether oxygens (including phenoxy) is 1. The van der Waals surface area contributed by atoms with Crippen molar-refractivity contribution in [3.63, 3.8) is 0 Å². The Bertz CT molecular complexity index is 1590. The molecule has 12 nitrogen and oxygen atoms in total. The lowest BCUT2D eigenvalue weighted by Crippen LogP contribution is -2.54. The van der Waals surface area contributed by atoms with Gasteiger partial charge in [0, 0.05) is 54.4 Å². The fraction of sp³-hybridized carbons (Fsp3) is 0.310. The molecular weight excluding hydrogens is 597 g/mol. The Morgan fingerprint density at radius 1 is 1.21 bits per heavy atom. The second-order valence-electron chi connectivity index (χ2n) is 10.4. The van der Waals surface area contributed by atoms with Crippen molar-refractivity contribution in [3.8, 4) is 6.07 Å². The van der Waals surface area contributed by atoms with Gasteiger partial charge in [-0.25, -0.2) is 19.5 Å². The van der Waals surface area contributed by atoms with Gasteiger partial charge < -0.3 is 19.9 Å². The Balaban J connectivity index is 1.45. The smallest absolute Gasteiger partial charge is 0.332 e. The molecule has 14 heteroatoms. The van der Waals surface area contributed by atoms with Crippen LogP contribution < -0.4 is 10.2 Å². The predicted molar refractivity (Wildman–Crippen MR) is 156 cm³/mol. The molecule has 2 saturated heterocycles. The number of carbonyl (C=O) groups is 4. The number of likely N-dealkylation sites (N-methyl/N-ethyl adjacent to an activating group) is 1. The van der Waals surface area contributed by atoms with Gasteiger partial charge in [0.2, 0.25) is 5.91 Å². The van der Waals surface area contributed by atoms with Crippen LogP contribution in [0.3, 0.4) is 0 Å². The van der Waals surface area contributed by atoms with Crippen molar-refractivity contribution < 1.29 is 23.9 Å². The average molecular weight is 624 g/mol. The van der Waals surface area contributed by atoms with Crippen LogP contribution in [0, 0.1) is 11.3 Å². The van der Waals surface area contributed by atoms with Crippen LogP contribution in [-0.4, -0.2) is 89.0 Å². The minimum absolute atomic E-state index is 0.0282. The van der Waals surface area contributed by atoms with Gasteiger partial charge in [-0.2, -0.15) is 5.26 Å². The topological polar surface area (TPSA) is 152 Å². The number of urea groups is 1. The summed E-state index contributed by atoms with van der Waals surface area (Å²) in [5.74, 6) is -2.15. The summed E-state index contributed by atoms with van der Waals surface area (Å²) in [7, 11) is 2.78. The van der Waals surface area contributed by atoms with E-state index in [1.54, 1.807) is 42.4 Å². The van der Waals surface area contributed by atoms with Crippen molar-refractivity contribution in [1.29, 1.82) is 5.26 Å². The Kier molecular flexibility index (Phi) is 8.41. The molecule has 2 aliphatic heterocycles. The van der Waals surface area contributed by atoms with Crippen LogP contribution in [0.25, 0.3) is 0 Å². The number of hydrogen-bond donors (Lipinski definition) is 2. The second-order valence-corrected chi connectivity index (χ2v) is 11.3. The number of nitrogens with zero attached hydrogens (tertiary/aromatic N) is 5. The number of nitriles is 1. The number of esters is 1. The summed E-state index contributed by atoms with van der Waals surface area (Å²) >= 11 is 12.4. The first-order valence-electron chi connectivity index (χ1n) is 13.2. The van der Waals surface area contributed by atoms with Crippen LogP contribution in [-0.2, 0) is 25.5 Å². The second kappa shape index (κ2) is 12.0. The van der Waals surface area contributed by atoms with Gasteiger partial charge in [0.05, 0.1) is 37.3 Å². The number of imidazole rings is 1. The third kappa shape index (κ3) is 5.67. The number of nitrogens with one attached hydrogen (secondary N) is 2. The molecule has 0 aliphatic carbocycles. The molecule has 0 radical (unpaired) electrons. The number of H-pyrrole nitrogens is 1. The number of anilines is 1. The molecule has 2 aliphatic rings. The first-order valence-corrected chi connectivity index (χ1v) is 14.0. The van der Waals surface area contributed by atoms with Crippen LogP contribution in [0.1, 0.15) is 22.7 Å². The third-order valence-corrected chi connectivity index (χ3v) is 8.28. The lowest BCUT2D eigenvalue weighted by Gasteiger charge is -2.34. The van der Waals surface area contributed by atoms with Crippen LogP contribution in [0.2, 0.25) is 10.0 Å². The van der Waals surface area contributed by atoms with Crippen molar-refractivity contribution in [2.45, 2.75) is 23.9 Å². The van der Waals surface area contributed by atoms with E-state index >= 15 is 0 Å². The Hall–Kier alpha value is -4.44. The lowest BCUT2D eigenvalue weighted by atomic mass is 9.80. The van der Waals surface area contributed by atoms with Gasteiger partial charge in [0.25, 0.3) is 5.91 Å². The van der Waals surface area contributed by atoms with E-state index in [-0.39, 0.29) is 41.8 Å². The van der Waals surface area contributed by atoms with Gasteiger partial charge in [-0.05, 0) is 35.9 Å². The van der Waals surface area contributed by atoms with Gasteiger partial charge in [0.15, 0.2) is 0 Å². The minimum Gasteiger partial charge on any atom is -0.467 e. The minimum atomic E-state index is -1.39. The molecule has 3 atom stereocenters. The van der Waals surface area contributed by atoms with Crippen molar-refractivity contribution >= 4 is 52.7 Å². The molecule has 222 valence electrons. The summed E-state index contributed by atoms with van der Waals surface area (Å²) < 4.78 is 4.87. The number of aromatic amines is 1. The van der Waals surface area contributed by atoms with E-state index in [9.17, 15) is 24.4 Å². The number of carbonyl (C=O) groups excluding carboxylic acids is 4. The number of imide groups is 1. The summed E-state index contributed by atoms with van der Waals surface area (Å²) in [6.07, 6.45) is 3.16. The third-order valence-electron chi connectivity index (χ3n) is 7.85. The number of rotatable bonds is 8. The highest BCUT2D eigenvalue weighted by atomic mass is 35.5. The van der Waals surface area contributed by atoms with E-state index in [0.29, 0.717) is 16.8 Å². The van der Waals surface area contributed by atoms with E-state index in [2.05, 4.69) is 21.4 Å². The van der Waals surface area contributed by atoms with Crippen LogP contribution in [0.15, 0.2) is 55.0 Å². The molecule has 4 amide bonds. The fourth-order valence-corrected chi connectivity index (χ4v) is 6.32. The summed E-state index contributed by atoms with van der Waals surface area (Å²) in [5.41, 5.74) is 0.626. The zero-order valence-electron chi connectivity index (χ0n) is 23.2. The Labute approximate surface area is 257 Å². The van der Waals surface area contributed by atoms with E-state index in [4.69, 9.17) is 27.9 Å². The van der Waals surface area contributed by atoms with Gasteiger partial charge in [-0.1, -0.05) is 35.3 Å². The van der Waals surface area contributed by atoms with E-state index in [1.807, 2.05) is 0 Å². The van der Waals surface area contributed by atoms with Gasteiger partial charge in [-0.15, -0.1) is 0 Å². The molecule has 2 fully saturated rings. The van der Waals surface area contributed by atoms with Gasteiger partial charge >= 0.3 is 12.0 Å². The largest absolute Gasteiger partial charge is 0.467 e. The Morgan fingerprint density at radius 3 is 2.51 bits per heavy atom. The standard InChI is InChI=1S/C29H27Cl2N7O5/c1-36-28(42)38(22-8-19(30)7-20(31)9-22)27(41)29(36)15-37(13-23(29)18-5-3-17(11-32)4-6-18)14-25(39)35-24(26(40)43-2)10-21-12-33-16-34-21/h3-9,12,16,23-24H,10,13-15H2,1-2H3,(H,33,34)(H,35,39)/t23-,24-,29+/m0/s1. The van der Waals surface area contributed by atoms with E-state index in [1.165, 1.54) is 36.5 Å². The highest BCUT2D eigenvalue weighted by molar-refractivity contribution is 6.35. The molecule has 1 aromatic heterocycles. The van der Waals surface area contributed by atoms with E-state index < -0.39 is 41.3 Å². The summed E-state index contributed by atoms with van der Waals surface area (Å²) in [6, 6.07) is 11.8. The molecule has 1 spiro atoms. The highest BCUT2D eigenvalue weighted by Gasteiger charge is 2.64. The quantitative estimate of drug-likeness (QED) is 0.287. The van der Waals surface area contributed by atoms with Gasteiger partial charge in [0.1, 0.15) is 11.6 Å². The van der Waals surface area contributed by atoms with Crippen molar-refractivity contribution in [2.75, 3.05) is 38.7 Å². The molecule has 0 unspecified atom stereocenters. The normalized spacial score (nSPS) is 20.9. The summed E-state index contributed by atoms with van der Waals surface area (Å²) in [5, 5.41) is 12.5. The Morgan fingerprint density at radius 2 is 1.91 bits per heavy atom. The fourth-order valence-electron chi connectivity index (χ4n) is 5.81. The van der Waals surface area contributed by atoms with Crippen LogP contribution in [0.5, 0.6) is 0 Å². The lowest BCUT2D eigenvalue weighted by molar-refractivity contribution is -0.145. The predicted octanol–water partition coefficient (Wildman–Crippen LogP) is 2.73. The maximum atomic E-state index is 14.3. The highest BCUT2D eigenvalue weighted by Crippen LogP contribution is 2.46. The maximum absolute atomic E-state index is 14.3. The first-order chi connectivity index (χ1) is 20.6. The molecule has 43 heavy (non-hydrogen) atoms. The maximum Gasteiger partial charge on any atom is 0.332 e. The zero-order valence-corrected chi connectivity index (χ0v) is 24.7. The van der Waals surface area contributed by atoms with Crippen LogP contribution >= 0.6 is 23.2 Å². The molecular formula is C29H27Cl2N7O5. The number of hydrogen-bond acceptors (Lipinski definition) is 8. The molecule has 2 aromatic carbocycles. The summed E-state index contributed by atoms with van der Waals surface area (Å²) in [4.78, 5) is 64.7. The van der Waals surface area contributed by atoms with E-state index in [0.717, 1.165) is 4.90 Å². The number of aromatic nitrogens is 2. The number of halogens is 2. The molecule has 3 aromatic rings. The molecule has 3 heterocycles. The molecule has 5 rings (SSSR count). The van der Waals surface area contributed by atoms with Crippen LogP contribution in [0.4, 0.5) is 10.5 Å². The zero-order chi connectivity index (χ0) is 30.9. The number of benzene rings is 2. The number of methoxy groups -OCH3 is 1. The van der Waals surface area contributed by atoms with Crippen molar-refractivity contribution in [2.24, 2.45) is 0 Å². The molecule has 0 saturated carbocycles. The van der Waals surface area contributed by atoms with Gasteiger partial charge in [-0.3, -0.25) is 14.5 Å². The van der Waals surface area contributed by atoms with Crippen molar-refractivity contribution in [1.82, 2.24) is 25.1 Å². The monoisotopic (exact) mass is 623 g/mol. The molecule has 2 N–H and O–H groups in total. The summed E-state index contributed by atoms with van der Waals surface area (Å²) in [6.45, 7) is 0.0972. The number of amides is 4. The number of likely N-dealkylation sites (tertiary alicyclic amines) is 1. The first kappa shape index (κ1) is 30.0. The molecule has 0 bridgehead atoms. The average Bonchev–Trinajstić information content (AvgIpc) is 3.67. The van der Waals surface area contributed by atoms with Crippen molar-refractivity contribution in [3.05, 3.63) is 81.9 Å². The SMILES string of the molecule is COC(=O)[C@H](Cc1cnc[nH]1)NC(=O)CN1C[C@@H](c2ccc(C#N)cc2)[C@]2(C1)C(=O)N(c1cc(Cl)cc(Cl)c1)C(=O)N2C.